The maximum absolute atomic E-state index is 12.2. The van der Waals surface area contributed by atoms with Crippen LogP contribution in [0.3, 0.4) is 0 Å². The van der Waals surface area contributed by atoms with Gasteiger partial charge in [-0.2, -0.15) is 0 Å². The molecule has 2 aromatic rings. The van der Waals surface area contributed by atoms with Crippen LogP contribution in [0.15, 0.2) is 36.5 Å². The van der Waals surface area contributed by atoms with Crippen molar-refractivity contribution < 1.29 is 14.4 Å². The fraction of sp³-hybridized carbons (Fsp3) is 0.312. The molecule has 1 aromatic heterocycles. The van der Waals surface area contributed by atoms with E-state index in [9.17, 15) is 14.4 Å². The van der Waals surface area contributed by atoms with E-state index in [-0.39, 0.29) is 18.1 Å². The van der Waals surface area contributed by atoms with E-state index in [2.05, 4.69) is 10.3 Å². The van der Waals surface area contributed by atoms with E-state index in [1.165, 1.54) is 4.68 Å². The summed E-state index contributed by atoms with van der Waals surface area (Å²) in [4.78, 5) is 35.8. The molecule has 0 aliphatic heterocycles. The molecule has 0 N–H and O–H groups in total. The van der Waals surface area contributed by atoms with Crippen molar-refractivity contribution in [2.75, 3.05) is 0 Å². The lowest BCUT2D eigenvalue weighted by atomic mass is 9.84. The number of rotatable bonds is 4. The second-order valence-corrected chi connectivity index (χ2v) is 5.35. The second-order valence-electron chi connectivity index (χ2n) is 5.35. The molecule has 0 bridgehead atoms. The van der Waals surface area contributed by atoms with Crippen molar-refractivity contribution in [1.29, 1.82) is 0 Å². The van der Waals surface area contributed by atoms with Crippen molar-refractivity contribution in [2.45, 2.75) is 25.8 Å². The van der Waals surface area contributed by atoms with Crippen LogP contribution in [-0.4, -0.2) is 32.3 Å². The molecule has 6 nitrogen and oxygen atoms in total. The monoisotopic (exact) mass is 297 g/mol. The van der Waals surface area contributed by atoms with Crippen LogP contribution in [0.5, 0.6) is 0 Å². The van der Waals surface area contributed by atoms with Gasteiger partial charge in [-0.3, -0.25) is 14.4 Å². The maximum atomic E-state index is 12.2. The number of carbonyl (C=O) groups excluding carboxylic acids is 3. The van der Waals surface area contributed by atoms with Crippen molar-refractivity contribution in [3.63, 3.8) is 0 Å². The summed E-state index contributed by atoms with van der Waals surface area (Å²) >= 11 is 0. The highest BCUT2D eigenvalue weighted by molar-refractivity contribution is 6.20. The first-order valence-corrected chi connectivity index (χ1v) is 7.19. The number of carbonyl (C=O) groups is 3. The molecule has 6 heteroatoms. The van der Waals surface area contributed by atoms with E-state index in [1.807, 2.05) is 30.3 Å². The first kappa shape index (κ1) is 14.3. The Morgan fingerprint density at radius 2 is 1.82 bits per heavy atom. The number of Topliss-reactive ketones (excluding diaryl/α,β-unsaturated/α-hetero) is 3. The van der Waals surface area contributed by atoms with Crippen LogP contribution in [0, 0.1) is 5.92 Å². The number of ketones is 3. The number of aromatic nitrogens is 3. The summed E-state index contributed by atoms with van der Waals surface area (Å²) in [5.74, 6) is -2.06. The molecule has 1 saturated carbocycles. The van der Waals surface area contributed by atoms with Gasteiger partial charge in [-0.1, -0.05) is 35.5 Å². The van der Waals surface area contributed by atoms with Gasteiger partial charge in [-0.15, -0.1) is 5.10 Å². The topological polar surface area (TPSA) is 81.9 Å². The van der Waals surface area contributed by atoms with Crippen molar-refractivity contribution in [3.05, 3.63) is 36.5 Å². The summed E-state index contributed by atoms with van der Waals surface area (Å²) in [6.07, 6.45) is 2.79. The smallest absolute Gasteiger partial charge is 0.172 e. The van der Waals surface area contributed by atoms with E-state index in [0.29, 0.717) is 25.0 Å². The number of nitrogens with zero attached hydrogens (tertiary/aromatic N) is 3. The average Bonchev–Trinajstić information content (AvgIpc) is 2.96. The van der Waals surface area contributed by atoms with E-state index < -0.39 is 11.7 Å². The van der Waals surface area contributed by atoms with Crippen molar-refractivity contribution >= 4 is 17.3 Å². The Morgan fingerprint density at radius 3 is 2.50 bits per heavy atom. The number of hydrogen-bond acceptors (Lipinski definition) is 5. The molecule has 0 unspecified atom stereocenters. The normalized spacial score (nSPS) is 16.0. The third-order valence-corrected chi connectivity index (χ3v) is 3.74. The molecule has 3 rings (SSSR count). The molecule has 0 atom stereocenters. The Labute approximate surface area is 127 Å². The van der Waals surface area contributed by atoms with Gasteiger partial charge in [0.25, 0.3) is 0 Å². The molecule has 22 heavy (non-hydrogen) atoms. The zero-order valence-corrected chi connectivity index (χ0v) is 11.9. The first-order chi connectivity index (χ1) is 10.6. The summed E-state index contributed by atoms with van der Waals surface area (Å²) in [5.41, 5.74) is 1.54. The highest BCUT2D eigenvalue weighted by Crippen LogP contribution is 2.19. The zero-order chi connectivity index (χ0) is 15.5. The van der Waals surface area contributed by atoms with Crippen LogP contribution in [0.2, 0.25) is 0 Å². The van der Waals surface area contributed by atoms with E-state index in [4.69, 9.17) is 0 Å². The third kappa shape index (κ3) is 2.86. The van der Waals surface area contributed by atoms with Gasteiger partial charge in [-0.05, 0) is 6.42 Å². The lowest BCUT2D eigenvalue weighted by Gasteiger charge is -2.17. The maximum Gasteiger partial charge on any atom is 0.172 e. The molecule has 112 valence electrons. The lowest BCUT2D eigenvalue weighted by molar-refractivity contribution is -0.142. The van der Waals surface area contributed by atoms with E-state index >= 15 is 0 Å². The molecular formula is C16H15N3O3. The van der Waals surface area contributed by atoms with Gasteiger partial charge in [0.2, 0.25) is 0 Å². The SMILES string of the molecule is O=C1CCCC(=O)C1C(=O)Cn1cc(-c2ccccc2)nn1. The van der Waals surface area contributed by atoms with E-state index in [1.54, 1.807) is 6.20 Å². The molecular weight excluding hydrogens is 282 g/mol. The van der Waals surface area contributed by atoms with Crippen molar-refractivity contribution in [3.8, 4) is 11.3 Å². The molecule has 0 saturated heterocycles. The molecule has 0 radical (unpaired) electrons. The first-order valence-electron chi connectivity index (χ1n) is 7.19. The Morgan fingerprint density at radius 1 is 1.14 bits per heavy atom. The minimum Gasteiger partial charge on any atom is -0.298 e. The zero-order valence-electron chi connectivity index (χ0n) is 11.9. The molecule has 0 amide bonds. The van der Waals surface area contributed by atoms with Crippen LogP contribution >= 0.6 is 0 Å². The standard InChI is InChI=1S/C16H15N3O3/c20-13-7-4-8-14(21)16(13)15(22)10-19-9-12(17-18-19)11-5-2-1-3-6-11/h1-3,5-6,9,16H,4,7-8,10H2. The fourth-order valence-electron chi connectivity index (χ4n) is 2.63. The van der Waals surface area contributed by atoms with Crippen molar-refractivity contribution in [2.24, 2.45) is 5.92 Å². The fourth-order valence-corrected chi connectivity index (χ4v) is 2.63. The summed E-state index contributed by atoms with van der Waals surface area (Å²) in [7, 11) is 0. The van der Waals surface area contributed by atoms with E-state index in [0.717, 1.165) is 5.56 Å². The van der Waals surface area contributed by atoms with Gasteiger partial charge in [0, 0.05) is 18.4 Å². The Bertz CT molecular complexity index is 705. The third-order valence-electron chi connectivity index (χ3n) is 3.74. The van der Waals surface area contributed by atoms with Crippen LogP contribution in [-0.2, 0) is 20.9 Å². The molecule has 1 fully saturated rings. The van der Waals surface area contributed by atoms with Crippen molar-refractivity contribution in [1.82, 2.24) is 15.0 Å². The highest BCUT2D eigenvalue weighted by atomic mass is 16.2. The van der Waals surface area contributed by atoms with Crippen LogP contribution in [0.4, 0.5) is 0 Å². The van der Waals surface area contributed by atoms with Crippen LogP contribution < -0.4 is 0 Å². The molecule has 1 aliphatic rings. The molecule has 0 spiro atoms. The summed E-state index contributed by atoms with van der Waals surface area (Å²) in [6, 6.07) is 9.46. The quantitative estimate of drug-likeness (QED) is 0.798. The summed E-state index contributed by atoms with van der Waals surface area (Å²) < 4.78 is 1.37. The predicted molar refractivity (Wildman–Crippen MR) is 77.8 cm³/mol. The minimum absolute atomic E-state index is 0.109. The van der Waals surface area contributed by atoms with Crippen LogP contribution in [0.1, 0.15) is 19.3 Å². The molecule has 1 aromatic carbocycles. The molecule has 1 heterocycles. The Balaban J connectivity index is 1.74. The summed E-state index contributed by atoms with van der Waals surface area (Å²) in [5, 5.41) is 7.91. The second kappa shape index (κ2) is 6.01. The van der Waals surface area contributed by atoms with Gasteiger partial charge >= 0.3 is 0 Å². The lowest BCUT2D eigenvalue weighted by Crippen LogP contribution is -2.37. The van der Waals surface area contributed by atoms with Gasteiger partial charge < -0.3 is 0 Å². The molecule has 1 aliphatic carbocycles. The number of benzene rings is 1. The Hall–Kier alpha value is -2.63. The average molecular weight is 297 g/mol. The number of hydrogen-bond donors (Lipinski definition) is 0. The summed E-state index contributed by atoms with van der Waals surface area (Å²) in [6.45, 7) is -0.109. The largest absolute Gasteiger partial charge is 0.298 e. The van der Waals surface area contributed by atoms with Crippen LogP contribution in [0.25, 0.3) is 11.3 Å². The van der Waals surface area contributed by atoms with Gasteiger partial charge in [0.05, 0.1) is 6.20 Å². The van der Waals surface area contributed by atoms with Gasteiger partial charge in [0.1, 0.15) is 18.2 Å². The van der Waals surface area contributed by atoms with Gasteiger partial charge in [-0.25, -0.2) is 4.68 Å². The highest BCUT2D eigenvalue weighted by Gasteiger charge is 2.35. The predicted octanol–water partition coefficient (Wildman–Crippen LogP) is 1.45. The van der Waals surface area contributed by atoms with Gasteiger partial charge in [0.15, 0.2) is 17.3 Å². The minimum atomic E-state index is -1.11. The Kier molecular flexibility index (Phi) is 3.91.